The predicted molar refractivity (Wildman–Crippen MR) is 81.6 cm³/mol. The molecule has 3 rings (SSSR count). The van der Waals surface area contributed by atoms with Crippen LogP contribution in [-0.4, -0.2) is 20.6 Å². The summed E-state index contributed by atoms with van der Waals surface area (Å²) in [4.78, 5) is 17.2. The molecule has 0 saturated heterocycles. The topological polar surface area (TPSA) is 59.3 Å². The maximum atomic E-state index is 12.0. The number of aromatic nitrogens is 3. The molecule has 1 N–H and O–H groups in total. The summed E-state index contributed by atoms with van der Waals surface area (Å²) in [5.74, 6) is 0.777. The lowest BCUT2D eigenvalue weighted by Gasteiger charge is -2.09. The normalized spacial score (nSPS) is 22.5. The fourth-order valence-corrected chi connectivity index (χ4v) is 3.71. The summed E-state index contributed by atoms with van der Waals surface area (Å²) in [6, 6.07) is 2.08. The summed E-state index contributed by atoms with van der Waals surface area (Å²) >= 11 is 1.47. The van der Waals surface area contributed by atoms with E-state index >= 15 is 0 Å². The fraction of sp³-hybridized carbons (Fsp3) is 0.643. The summed E-state index contributed by atoms with van der Waals surface area (Å²) in [7, 11) is 0. The molecule has 1 aliphatic rings. The van der Waals surface area contributed by atoms with Crippen molar-refractivity contribution in [2.45, 2.75) is 52.0 Å². The smallest absolute Gasteiger partial charge is 0.275 e. The Morgan fingerprint density at radius 2 is 2.35 bits per heavy atom. The number of nitrogens with zero attached hydrogens (tertiary/aromatic N) is 3. The van der Waals surface area contributed by atoms with Gasteiger partial charge in [-0.2, -0.15) is 4.52 Å². The first-order chi connectivity index (χ1) is 9.65. The second kappa shape index (κ2) is 5.52. The third-order valence-electron chi connectivity index (χ3n) is 3.83. The molecule has 2 heterocycles. The van der Waals surface area contributed by atoms with Crippen LogP contribution >= 0.6 is 11.3 Å². The van der Waals surface area contributed by atoms with Crippen LogP contribution in [0.25, 0.3) is 4.96 Å². The minimum Gasteiger partial charge on any atom is -0.357 e. The Bertz CT molecular complexity index is 663. The zero-order valence-electron chi connectivity index (χ0n) is 11.9. The van der Waals surface area contributed by atoms with Crippen LogP contribution in [0.4, 0.5) is 5.13 Å². The first kappa shape index (κ1) is 13.5. The van der Waals surface area contributed by atoms with Crippen LogP contribution < -0.4 is 10.9 Å². The van der Waals surface area contributed by atoms with E-state index < -0.39 is 0 Å². The van der Waals surface area contributed by atoms with Crippen molar-refractivity contribution in [3.63, 3.8) is 0 Å². The number of nitrogens with one attached hydrogen (secondary N) is 1. The number of fused-ring (bicyclic) bond motifs is 1. The maximum absolute atomic E-state index is 12.0. The molecule has 108 valence electrons. The van der Waals surface area contributed by atoms with E-state index in [4.69, 9.17) is 0 Å². The standard InChI is InChI=1S/C14H20N4OS/c1-3-4-10-8-12(19)18-14(16-10)20-13(17-18)15-11-6-5-9(2)7-11/h8-9,11H,3-7H2,1-2H3,(H,15,17). The minimum atomic E-state index is -0.0810. The van der Waals surface area contributed by atoms with Crippen LogP contribution in [-0.2, 0) is 6.42 Å². The van der Waals surface area contributed by atoms with Gasteiger partial charge in [0.25, 0.3) is 5.56 Å². The molecular weight excluding hydrogens is 272 g/mol. The number of hydrogen-bond donors (Lipinski definition) is 1. The lowest BCUT2D eigenvalue weighted by atomic mass is 10.1. The molecule has 0 bridgehead atoms. The van der Waals surface area contributed by atoms with Crippen LogP contribution in [0, 0.1) is 5.92 Å². The molecule has 6 heteroatoms. The van der Waals surface area contributed by atoms with E-state index in [-0.39, 0.29) is 5.56 Å². The zero-order chi connectivity index (χ0) is 14.1. The second-order valence-electron chi connectivity index (χ2n) is 5.70. The molecule has 2 aromatic rings. The molecule has 0 spiro atoms. The molecule has 1 saturated carbocycles. The SMILES string of the molecule is CCCc1cc(=O)n2nc(NC3CCC(C)C3)sc2n1. The van der Waals surface area contributed by atoms with Crippen molar-refractivity contribution in [3.05, 3.63) is 22.1 Å². The second-order valence-corrected chi connectivity index (χ2v) is 6.65. The van der Waals surface area contributed by atoms with E-state index in [0.29, 0.717) is 11.0 Å². The largest absolute Gasteiger partial charge is 0.357 e. The van der Waals surface area contributed by atoms with Gasteiger partial charge < -0.3 is 5.32 Å². The lowest BCUT2D eigenvalue weighted by molar-refractivity contribution is 0.602. The summed E-state index contributed by atoms with van der Waals surface area (Å²) in [6.45, 7) is 4.37. The van der Waals surface area contributed by atoms with Crippen LogP contribution in [0.15, 0.2) is 10.9 Å². The highest BCUT2D eigenvalue weighted by Crippen LogP contribution is 2.28. The van der Waals surface area contributed by atoms with Gasteiger partial charge in [-0.3, -0.25) is 4.79 Å². The molecule has 2 atom stereocenters. The van der Waals surface area contributed by atoms with Gasteiger partial charge in [0.05, 0.1) is 0 Å². The van der Waals surface area contributed by atoms with Gasteiger partial charge in [-0.15, -0.1) is 5.10 Å². The molecule has 5 nitrogen and oxygen atoms in total. The highest BCUT2D eigenvalue weighted by atomic mass is 32.1. The average molecular weight is 292 g/mol. The van der Waals surface area contributed by atoms with Gasteiger partial charge in [-0.1, -0.05) is 31.6 Å². The number of hydrogen-bond acceptors (Lipinski definition) is 5. The Labute approximate surface area is 122 Å². The molecule has 20 heavy (non-hydrogen) atoms. The van der Waals surface area contributed by atoms with Gasteiger partial charge in [0.15, 0.2) is 0 Å². The summed E-state index contributed by atoms with van der Waals surface area (Å²) in [6.07, 6.45) is 5.46. The van der Waals surface area contributed by atoms with Gasteiger partial charge in [0.2, 0.25) is 10.1 Å². The summed E-state index contributed by atoms with van der Waals surface area (Å²) < 4.78 is 1.41. The van der Waals surface area contributed by atoms with Crippen LogP contribution in [0.3, 0.4) is 0 Å². The van der Waals surface area contributed by atoms with Gasteiger partial charge in [-0.25, -0.2) is 4.98 Å². The molecular formula is C14H20N4OS. The van der Waals surface area contributed by atoms with E-state index in [9.17, 15) is 4.79 Å². The fourth-order valence-electron chi connectivity index (χ4n) is 2.81. The summed E-state index contributed by atoms with van der Waals surface area (Å²) in [5, 5.41) is 8.61. The van der Waals surface area contributed by atoms with Gasteiger partial charge in [0, 0.05) is 17.8 Å². The lowest BCUT2D eigenvalue weighted by Crippen LogP contribution is -2.17. The molecule has 2 aromatic heterocycles. The monoisotopic (exact) mass is 292 g/mol. The Balaban J connectivity index is 1.86. The number of aryl methyl sites for hydroxylation is 1. The van der Waals surface area contributed by atoms with Gasteiger partial charge in [-0.05, 0) is 31.6 Å². The van der Waals surface area contributed by atoms with Crippen molar-refractivity contribution in [1.29, 1.82) is 0 Å². The Morgan fingerprint density at radius 1 is 1.50 bits per heavy atom. The molecule has 0 radical (unpaired) electrons. The van der Waals surface area contributed by atoms with Crippen molar-refractivity contribution >= 4 is 21.4 Å². The van der Waals surface area contributed by atoms with E-state index in [1.807, 2.05) is 0 Å². The minimum absolute atomic E-state index is 0.0810. The van der Waals surface area contributed by atoms with Crippen molar-refractivity contribution in [3.8, 4) is 0 Å². The third-order valence-corrected chi connectivity index (χ3v) is 4.67. The molecule has 0 amide bonds. The average Bonchev–Trinajstić information content (AvgIpc) is 2.97. The number of rotatable bonds is 4. The van der Waals surface area contributed by atoms with Crippen LogP contribution in [0.5, 0.6) is 0 Å². The predicted octanol–water partition coefficient (Wildman–Crippen LogP) is 2.70. The van der Waals surface area contributed by atoms with Crippen molar-refractivity contribution < 1.29 is 0 Å². The number of anilines is 1. The van der Waals surface area contributed by atoms with Crippen molar-refractivity contribution in [2.24, 2.45) is 5.92 Å². The first-order valence-electron chi connectivity index (χ1n) is 7.32. The molecule has 1 fully saturated rings. The first-order valence-corrected chi connectivity index (χ1v) is 8.13. The molecule has 2 unspecified atom stereocenters. The maximum Gasteiger partial charge on any atom is 0.275 e. The third kappa shape index (κ3) is 2.70. The quantitative estimate of drug-likeness (QED) is 0.941. The highest BCUT2D eigenvalue weighted by Gasteiger charge is 2.22. The van der Waals surface area contributed by atoms with Crippen molar-refractivity contribution in [1.82, 2.24) is 14.6 Å². The highest BCUT2D eigenvalue weighted by molar-refractivity contribution is 7.20. The van der Waals surface area contributed by atoms with Gasteiger partial charge in [0.1, 0.15) is 0 Å². The van der Waals surface area contributed by atoms with Crippen molar-refractivity contribution in [2.75, 3.05) is 5.32 Å². The summed E-state index contributed by atoms with van der Waals surface area (Å²) in [5.41, 5.74) is 0.782. The molecule has 1 aliphatic carbocycles. The molecule has 0 aliphatic heterocycles. The Hall–Kier alpha value is -1.43. The molecule has 0 aromatic carbocycles. The van der Waals surface area contributed by atoms with E-state index in [1.54, 1.807) is 6.07 Å². The Kier molecular flexibility index (Phi) is 3.74. The van der Waals surface area contributed by atoms with E-state index in [1.165, 1.54) is 35.1 Å². The van der Waals surface area contributed by atoms with E-state index in [2.05, 4.69) is 29.2 Å². The van der Waals surface area contributed by atoms with Crippen LogP contribution in [0.2, 0.25) is 0 Å². The van der Waals surface area contributed by atoms with E-state index in [0.717, 1.165) is 29.6 Å². The van der Waals surface area contributed by atoms with Crippen LogP contribution in [0.1, 0.15) is 45.2 Å². The zero-order valence-corrected chi connectivity index (χ0v) is 12.7. The Morgan fingerprint density at radius 3 is 3.05 bits per heavy atom. The van der Waals surface area contributed by atoms with Gasteiger partial charge >= 0.3 is 0 Å².